The summed E-state index contributed by atoms with van der Waals surface area (Å²) in [5.74, 6) is -0.814. The Morgan fingerprint density at radius 1 is 1.48 bits per heavy atom. The summed E-state index contributed by atoms with van der Waals surface area (Å²) in [7, 11) is 1.59. The number of benzene rings is 1. The molecule has 6 heteroatoms. The third kappa shape index (κ3) is 3.75. The smallest absolute Gasteiger partial charge is 0.318 e. The molecule has 1 heterocycles. The van der Waals surface area contributed by atoms with Crippen LogP contribution in [0.1, 0.15) is 26.3 Å². The average Bonchev–Trinajstić information content (AvgIpc) is 2.79. The van der Waals surface area contributed by atoms with Crippen LogP contribution in [0, 0.1) is 11.3 Å². The molecule has 6 nitrogen and oxygen atoms in total. The topological polar surface area (TPSA) is 78.9 Å². The number of urea groups is 1. The second kappa shape index (κ2) is 6.48. The number of rotatable bonds is 5. The van der Waals surface area contributed by atoms with Gasteiger partial charge in [0.1, 0.15) is 5.75 Å². The SMILES string of the molecule is COc1cccc(CN2C(=O)NCC2[C@@H](C(=O)O)C(C)(C)C)c1. The fourth-order valence-corrected chi connectivity index (χ4v) is 3.12. The van der Waals surface area contributed by atoms with Gasteiger partial charge in [-0.25, -0.2) is 4.79 Å². The van der Waals surface area contributed by atoms with Gasteiger partial charge in [-0.15, -0.1) is 0 Å². The van der Waals surface area contributed by atoms with Crippen LogP contribution in [-0.4, -0.2) is 41.7 Å². The minimum atomic E-state index is -0.880. The van der Waals surface area contributed by atoms with E-state index < -0.39 is 17.3 Å². The molecule has 0 aliphatic carbocycles. The highest BCUT2D eigenvalue weighted by Gasteiger charge is 2.45. The molecule has 0 radical (unpaired) electrons. The van der Waals surface area contributed by atoms with Gasteiger partial charge in [0, 0.05) is 13.1 Å². The normalized spacial score (nSPS) is 19.4. The molecule has 2 amide bonds. The summed E-state index contributed by atoms with van der Waals surface area (Å²) >= 11 is 0. The zero-order valence-corrected chi connectivity index (χ0v) is 14.0. The summed E-state index contributed by atoms with van der Waals surface area (Å²) in [6.45, 7) is 6.36. The standard InChI is InChI=1S/C17H24N2O4/c1-17(2,3)14(15(20)21)13-9-18-16(22)19(13)10-11-6-5-7-12(8-11)23-4/h5-8,13-14H,9-10H2,1-4H3,(H,18,22)(H,20,21)/t13?,14-/m0/s1. The van der Waals surface area contributed by atoms with Crippen LogP contribution in [0.25, 0.3) is 0 Å². The van der Waals surface area contributed by atoms with Gasteiger partial charge in [0.15, 0.2) is 0 Å². The van der Waals surface area contributed by atoms with Crippen molar-refractivity contribution in [3.05, 3.63) is 29.8 Å². The van der Waals surface area contributed by atoms with Crippen molar-refractivity contribution in [1.29, 1.82) is 0 Å². The van der Waals surface area contributed by atoms with Crippen LogP contribution in [0.2, 0.25) is 0 Å². The maximum Gasteiger partial charge on any atom is 0.318 e. The summed E-state index contributed by atoms with van der Waals surface area (Å²) in [6.07, 6.45) is 0. The zero-order chi connectivity index (χ0) is 17.2. The maximum absolute atomic E-state index is 12.2. The van der Waals surface area contributed by atoms with Crippen molar-refractivity contribution in [3.63, 3.8) is 0 Å². The van der Waals surface area contributed by atoms with Gasteiger partial charge in [-0.2, -0.15) is 0 Å². The Morgan fingerprint density at radius 3 is 2.74 bits per heavy atom. The molecule has 1 aromatic rings. The number of amides is 2. The van der Waals surface area contributed by atoms with E-state index in [1.165, 1.54) is 0 Å². The average molecular weight is 320 g/mol. The number of aliphatic carboxylic acids is 1. The molecule has 0 spiro atoms. The lowest BCUT2D eigenvalue weighted by atomic mass is 9.76. The monoisotopic (exact) mass is 320 g/mol. The van der Waals surface area contributed by atoms with Gasteiger partial charge in [0.05, 0.1) is 19.1 Å². The second-order valence-electron chi connectivity index (χ2n) is 6.91. The van der Waals surface area contributed by atoms with E-state index in [1.807, 2.05) is 45.0 Å². The number of methoxy groups -OCH3 is 1. The van der Waals surface area contributed by atoms with Crippen LogP contribution in [0.15, 0.2) is 24.3 Å². The molecular formula is C17H24N2O4. The van der Waals surface area contributed by atoms with Crippen molar-refractivity contribution in [1.82, 2.24) is 10.2 Å². The Bertz CT molecular complexity index is 595. The molecule has 1 fully saturated rings. The number of carbonyl (C=O) groups is 2. The summed E-state index contributed by atoms with van der Waals surface area (Å²) in [5, 5.41) is 12.4. The molecular weight excluding hydrogens is 296 g/mol. The summed E-state index contributed by atoms with van der Waals surface area (Å²) in [5.41, 5.74) is 0.458. The van der Waals surface area contributed by atoms with Gasteiger partial charge in [0.2, 0.25) is 0 Å². The predicted molar refractivity (Wildman–Crippen MR) is 86.3 cm³/mol. The summed E-state index contributed by atoms with van der Waals surface area (Å²) in [6, 6.07) is 6.84. The van der Waals surface area contributed by atoms with E-state index in [0.717, 1.165) is 5.56 Å². The maximum atomic E-state index is 12.2. The van der Waals surface area contributed by atoms with Gasteiger partial charge in [-0.05, 0) is 23.1 Å². The van der Waals surface area contributed by atoms with Gasteiger partial charge < -0.3 is 20.1 Å². The first-order chi connectivity index (χ1) is 10.7. The first-order valence-corrected chi connectivity index (χ1v) is 7.64. The van der Waals surface area contributed by atoms with Crippen LogP contribution in [-0.2, 0) is 11.3 Å². The predicted octanol–water partition coefficient (Wildman–Crippen LogP) is 2.34. The lowest BCUT2D eigenvalue weighted by molar-refractivity contribution is -0.148. The molecule has 0 saturated carbocycles. The third-order valence-corrected chi connectivity index (χ3v) is 4.19. The molecule has 1 aliphatic rings. The number of nitrogens with one attached hydrogen (secondary N) is 1. The van der Waals surface area contributed by atoms with E-state index >= 15 is 0 Å². The van der Waals surface area contributed by atoms with E-state index in [2.05, 4.69) is 5.32 Å². The van der Waals surface area contributed by atoms with Crippen molar-refractivity contribution < 1.29 is 19.4 Å². The van der Waals surface area contributed by atoms with Crippen molar-refractivity contribution in [2.45, 2.75) is 33.4 Å². The fourth-order valence-electron chi connectivity index (χ4n) is 3.12. The molecule has 1 unspecified atom stereocenters. The van der Waals surface area contributed by atoms with Gasteiger partial charge in [-0.3, -0.25) is 4.79 Å². The van der Waals surface area contributed by atoms with Crippen molar-refractivity contribution in [2.75, 3.05) is 13.7 Å². The van der Waals surface area contributed by atoms with Crippen LogP contribution >= 0.6 is 0 Å². The second-order valence-corrected chi connectivity index (χ2v) is 6.91. The Balaban J connectivity index is 2.27. The number of carbonyl (C=O) groups excluding carboxylic acids is 1. The number of carboxylic acid groups (broad SMARTS) is 1. The van der Waals surface area contributed by atoms with Crippen LogP contribution < -0.4 is 10.1 Å². The van der Waals surface area contributed by atoms with E-state index in [1.54, 1.807) is 12.0 Å². The van der Waals surface area contributed by atoms with Crippen LogP contribution in [0.3, 0.4) is 0 Å². The largest absolute Gasteiger partial charge is 0.497 e. The molecule has 0 aromatic heterocycles. The van der Waals surface area contributed by atoms with Crippen molar-refractivity contribution in [2.24, 2.45) is 11.3 Å². The first kappa shape index (κ1) is 17.1. The van der Waals surface area contributed by atoms with Crippen LogP contribution in [0.5, 0.6) is 5.75 Å². The van der Waals surface area contributed by atoms with Gasteiger partial charge in [0.25, 0.3) is 0 Å². The van der Waals surface area contributed by atoms with Crippen LogP contribution in [0.4, 0.5) is 4.79 Å². The summed E-state index contributed by atoms with van der Waals surface area (Å²) < 4.78 is 5.20. The number of hydrogen-bond donors (Lipinski definition) is 2. The highest BCUT2D eigenvalue weighted by Crippen LogP contribution is 2.33. The number of ether oxygens (including phenoxy) is 1. The molecule has 126 valence electrons. The van der Waals surface area contributed by atoms with E-state index in [-0.39, 0.29) is 12.1 Å². The Kier molecular flexibility index (Phi) is 4.82. The Labute approximate surface area is 136 Å². The Hall–Kier alpha value is -2.24. The molecule has 2 rings (SSSR count). The van der Waals surface area contributed by atoms with Gasteiger partial charge >= 0.3 is 12.0 Å². The van der Waals surface area contributed by atoms with E-state index in [9.17, 15) is 14.7 Å². The van der Waals surface area contributed by atoms with E-state index in [0.29, 0.717) is 18.8 Å². The fraction of sp³-hybridized carbons (Fsp3) is 0.529. The van der Waals surface area contributed by atoms with Crippen molar-refractivity contribution >= 4 is 12.0 Å². The molecule has 2 atom stereocenters. The highest BCUT2D eigenvalue weighted by atomic mass is 16.5. The minimum Gasteiger partial charge on any atom is -0.497 e. The molecule has 1 aromatic carbocycles. The molecule has 2 N–H and O–H groups in total. The van der Waals surface area contributed by atoms with Crippen molar-refractivity contribution in [3.8, 4) is 5.75 Å². The van der Waals surface area contributed by atoms with Gasteiger partial charge in [-0.1, -0.05) is 32.9 Å². The number of carboxylic acids is 1. The minimum absolute atomic E-state index is 0.228. The zero-order valence-electron chi connectivity index (χ0n) is 14.0. The summed E-state index contributed by atoms with van der Waals surface area (Å²) in [4.78, 5) is 25.6. The van der Waals surface area contributed by atoms with E-state index in [4.69, 9.17) is 4.74 Å². The lowest BCUT2D eigenvalue weighted by Crippen LogP contribution is -2.47. The Morgan fingerprint density at radius 2 is 2.17 bits per heavy atom. The molecule has 1 saturated heterocycles. The quantitative estimate of drug-likeness (QED) is 0.873. The molecule has 1 aliphatic heterocycles. The number of nitrogens with zero attached hydrogens (tertiary/aromatic N) is 1. The lowest BCUT2D eigenvalue weighted by Gasteiger charge is -2.35. The first-order valence-electron chi connectivity index (χ1n) is 7.64. The third-order valence-electron chi connectivity index (χ3n) is 4.19. The molecule has 0 bridgehead atoms. The molecule has 23 heavy (non-hydrogen) atoms. The highest BCUT2D eigenvalue weighted by molar-refractivity contribution is 5.80. The number of hydrogen-bond acceptors (Lipinski definition) is 3.